The summed E-state index contributed by atoms with van der Waals surface area (Å²) < 4.78 is 10.6. The minimum absolute atomic E-state index is 0.0263. The number of anilines is 1. The molecule has 0 atom stereocenters. The molecule has 164 valence electrons. The summed E-state index contributed by atoms with van der Waals surface area (Å²) in [5, 5.41) is 5.88. The van der Waals surface area contributed by atoms with Gasteiger partial charge in [-0.15, -0.1) is 0 Å². The number of nitrogens with zero attached hydrogens (tertiary/aromatic N) is 2. The molecule has 31 heavy (non-hydrogen) atoms. The molecule has 2 aromatic rings. The average Bonchev–Trinajstić information content (AvgIpc) is 3.26. The summed E-state index contributed by atoms with van der Waals surface area (Å²) in [6, 6.07) is 15.3. The Morgan fingerprint density at radius 3 is 2.42 bits per heavy atom. The van der Waals surface area contributed by atoms with E-state index in [0.29, 0.717) is 43.2 Å². The van der Waals surface area contributed by atoms with Crippen LogP contribution in [-0.4, -0.2) is 67.7 Å². The number of ether oxygens (including phenoxy) is 2. The zero-order valence-electron chi connectivity index (χ0n) is 17.5. The van der Waals surface area contributed by atoms with Gasteiger partial charge in [-0.1, -0.05) is 30.3 Å². The molecule has 2 heterocycles. The van der Waals surface area contributed by atoms with Crippen LogP contribution in [-0.2, 0) is 16.1 Å². The molecule has 1 fully saturated rings. The first-order chi connectivity index (χ1) is 15.2. The predicted octanol–water partition coefficient (Wildman–Crippen LogP) is 1.68. The number of hydrogen-bond donors (Lipinski definition) is 2. The molecule has 2 aliphatic rings. The number of amides is 2. The van der Waals surface area contributed by atoms with E-state index in [-0.39, 0.29) is 18.6 Å². The molecule has 2 amide bonds. The van der Waals surface area contributed by atoms with Crippen LogP contribution in [0.5, 0.6) is 11.5 Å². The van der Waals surface area contributed by atoms with Gasteiger partial charge in [0, 0.05) is 57.4 Å². The fraction of sp³-hybridized carbons (Fsp3) is 0.391. The molecule has 4 rings (SSSR count). The van der Waals surface area contributed by atoms with E-state index in [2.05, 4.69) is 20.4 Å². The summed E-state index contributed by atoms with van der Waals surface area (Å²) >= 11 is 0. The van der Waals surface area contributed by atoms with Crippen LogP contribution in [0.25, 0.3) is 0 Å². The highest BCUT2D eigenvalue weighted by atomic mass is 16.7. The Kier molecular flexibility index (Phi) is 7.01. The van der Waals surface area contributed by atoms with Crippen molar-refractivity contribution in [3.05, 3.63) is 54.1 Å². The van der Waals surface area contributed by atoms with Crippen molar-refractivity contribution in [2.24, 2.45) is 0 Å². The van der Waals surface area contributed by atoms with E-state index >= 15 is 0 Å². The lowest BCUT2D eigenvalue weighted by Gasteiger charge is -2.34. The maximum atomic E-state index is 12.3. The van der Waals surface area contributed by atoms with Crippen molar-refractivity contribution >= 4 is 17.5 Å². The number of nitrogens with one attached hydrogen (secondary N) is 2. The molecular formula is C23H28N4O4. The molecule has 8 nitrogen and oxygen atoms in total. The van der Waals surface area contributed by atoms with E-state index in [0.717, 1.165) is 31.7 Å². The van der Waals surface area contributed by atoms with Gasteiger partial charge in [-0.2, -0.15) is 0 Å². The molecular weight excluding hydrogens is 396 g/mol. The number of fused-ring (bicyclic) bond motifs is 1. The van der Waals surface area contributed by atoms with E-state index in [4.69, 9.17) is 9.47 Å². The van der Waals surface area contributed by atoms with E-state index in [1.165, 1.54) is 0 Å². The van der Waals surface area contributed by atoms with Crippen LogP contribution in [0.1, 0.15) is 12.0 Å². The second-order valence-electron chi connectivity index (χ2n) is 7.75. The predicted molar refractivity (Wildman–Crippen MR) is 117 cm³/mol. The van der Waals surface area contributed by atoms with Crippen molar-refractivity contribution in [1.82, 2.24) is 15.1 Å². The Morgan fingerprint density at radius 1 is 0.871 bits per heavy atom. The molecule has 0 aliphatic carbocycles. The molecule has 8 heteroatoms. The maximum absolute atomic E-state index is 12.3. The molecule has 0 unspecified atom stereocenters. The first-order valence-electron chi connectivity index (χ1n) is 10.6. The summed E-state index contributed by atoms with van der Waals surface area (Å²) in [4.78, 5) is 28.9. The Morgan fingerprint density at radius 2 is 1.61 bits per heavy atom. The van der Waals surface area contributed by atoms with Gasteiger partial charge >= 0.3 is 0 Å². The third kappa shape index (κ3) is 6.19. The quantitative estimate of drug-likeness (QED) is 0.671. The number of rotatable bonds is 8. The molecule has 2 aromatic carbocycles. The monoisotopic (exact) mass is 424 g/mol. The molecule has 1 saturated heterocycles. The first-order valence-corrected chi connectivity index (χ1v) is 10.6. The summed E-state index contributed by atoms with van der Waals surface area (Å²) in [6.45, 7) is 5.22. The molecule has 0 radical (unpaired) electrons. The lowest BCUT2D eigenvalue weighted by Crippen LogP contribution is -2.49. The SMILES string of the molecule is O=C(CN1CCN(CCC(=O)Nc2ccc3c(c2)OCO3)CC1)NCc1ccccc1. The van der Waals surface area contributed by atoms with Crippen molar-refractivity contribution in [2.45, 2.75) is 13.0 Å². The Hall–Kier alpha value is -3.10. The first kappa shape index (κ1) is 21.1. The summed E-state index contributed by atoms with van der Waals surface area (Å²) in [5.74, 6) is 1.37. The highest BCUT2D eigenvalue weighted by Gasteiger charge is 2.20. The third-order valence-corrected chi connectivity index (χ3v) is 5.48. The number of carbonyl (C=O) groups is 2. The largest absolute Gasteiger partial charge is 0.454 e. The molecule has 0 aromatic heterocycles. The van der Waals surface area contributed by atoms with Gasteiger partial charge in [-0.05, 0) is 17.7 Å². The zero-order chi connectivity index (χ0) is 21.5. The smallest absolute Gasteiger partial charge is 0.234 e. The van der Waals surface area contributed by atoms with Gasteiger partial charge in [0.2, 0.25) is 18.6 Å². The van der Waals surface area contributed by atoms with E-state index in [1.807, 2.05) is 36.4 Å². The number of benzene rings is 2. The van der Waals surface area contributed by atoms with Gasteiger partial charge in [0.05, 0.1) is 6.54 Å². The van der Waals surface area contributed by atoms with E-state index in [9.17, 15) is 9.59 Å². The molecule has 2 N–H and O–H groups in total. The molecule has 0 bridgehead atoms. The van der Waals surface area contributed by atoms with Gasteiger partial charge < -0.3 is 25.0 Å². The second kappa shape index (κ2) is 10.3. The van der Waals surface area contributed by atoms with Crippen molar-refractivity contribution in [3.63, 3.8) is 0 Å². The summed E-state index contributed by atoms with van der Waals surface area (Å²) in [6.07, 6.45) is 0.423. The van der Waals surface area contributed by atoms with Crippen molar-refractivity contribution < 1.29 is 19.1 Å². The number of piperazine rings is 1. The van der Waals surface area contributed by atoms with Crippen molar-refractivity contribution in [2.75, 3.05) is 51.4 Å². The summed E-state index contributed by atoms with van der Waals surface area (Å²) in [5.41, 5.74) is 1.81. The van der Waals surface area contributed by atoms with Crippen molar-refractivity contribution in [3.8, 4) is 11.5 Å². The number of carbonyl (C=O) groups excluding carboxylic acids is 2. The van der Waals surface area contributed by atoms with Gasteiger partial charge in [0.1, 0.15) is 0 Å². The lowest BCUT2D eigenvalue weighted by atomic mass is 10.2. The van der Waals surface area contributed by atoms with Crippen LogP contribution >= 0.6 is 0 Å². The fourth-order valence-corrected chi connectivity index (χ4v) is 3.68. The van der Waals surface area contributed by atoms with Crippen LogP contribution in [0.2, 0.25) is 0 Å². The van der Waals surface area contributed by atoms with E-state index < -0.39 is 0 Å². The fourth-order valence-electron chi connectivity index (χ4n) is 3.68. The van der Waals surface area contributed by atoms with Gasteiger partial charge in [-0.3, -0.25) is 14.5 Å². The van der Waals surface area contributed by atoms with Crippen LogP contribution in [0, 0.1) is 0 Å². The maximum Gasteiger partial charge on any atom is 0.234 e. The van der Waals surface area contributed by atoms with Gasteiger partial charge in [0.15, 0.2) is 11.5 Å². The van der Waals surface area contributed by atoms with Crippen LogP contribution in [0.3, 0.4) is 0 Å². The zero-order valence-corrected chi connectivity index (χ0v) is 17.5. The van der Waals surface area contributed by atoms with Gasteiger partial charge in [0.25, 0.3) is 0 Å². The van der Waals surface area contributed by atoms with Crippen LogP contribution in [0.15, 0.2) is 48.5 Å². The standard InChI is InChI=1S/C23H28N4O4/c28-22(25-19-6-7-20-21(14-19)31-17-30-20)8-9-26-10-12-27(13-11-26)16-23(29)24-15-18-4-2-1-3-5-18/h1-7,14H,8-13,15-17H2,(H,24,29)(H,25,28). The normalized spacial score (nSPS) is 16.1. The molecule has 0 saturated carbocycles. The highest BCUT2D eigenvalue weighted by molar-refractivity contribution is 5.91. The third-order valence-electron chi connectivity index (χ3n) is 5.48. The van der Waals surface area contributed by atoms with Crippen LogP contribution < -0.4 is 20.1 Å². The Bertz CT molecular complexity index is 898. The topological polar surface area (TPSA) is 83.1 Å². The minimum Gasteiger partial charge on any atom is -0.454 e. The van der Waals surface area contributed by atoms with E-state index in [1.54, 1.807) is 12.1 Å². The number of hydrogen-bond acceptors (Lipinski definition) is 6. The lowest BCUT2D eigenvalue weighted by molar-refractivity contribution is -0.122. The molecule has 2 aliphatic heterocycles. The Balaban J connectivity index is 1.12. The average molecular weight is 425 g/mol. The highest BCUT2D eigenvalue weighted by Crippen LogP contribution is 2.34. The van der Waals surface area contributed by atoms with Crippen molar-refractivity contribution in [1.29, 1.82) is 0 Å². The summed E-state index contributed by atoms with van der Waals surface area (Å²) in [7, 11) is 0. The van der Waals surface area contributed by atoms with Gasteiger partial charge in [-0.25, -0.2) is 0 Å². The van der Waals surface area contributed by atoms with Crippen LogP contribution in [0.4, 0.5) is 5.69 Å². The minimum atomic E-state index is -0.0263. The second-order valence-corrected chi connectivity index (χ2v) is 7.75. The Labute approximate surface area is 182 Å². The molecule has 0 spiro atoms.